The van der Waals surface area contributed by atoms with Gasteiger partial charge in [-0.05, 0) is 42.8 Å². The Balaban J connectivity index is 1.97. The molecule has 0 fully saturated rings. The predicted octanol–water partition coefficient (Wildman–Crippen LogP) is 2.44. The van der Waals surface area contributed by atoms with Crippen molar-refractivity contribution in [2.24, 2.45) is 0 Å². The van der Waals surface area contributed by atoms with Crippen LogP contribution in [0.3, 0.4) is 0 Å². The third-order valence-corrected chi connectivity index (χ3v) is 3.13. The lowest BCUT2D eigenvalue weighted by Gasteiger charge is -2.15. The molecule has 0 aliphatic heterocycles. The fraction of sp³-hybridized carbons (Fsp3) is 0.176. The lowest BCUT2D eigenvalue weighted by Crippen LogP contribution is -2.43. The molecular weight excluding hydrogens is 312 g/mol. The van der Waals surface area contributed by atoms with Gasteiger partial charge in [0.25, 0.3) is 0 Å². The van der Waals surface area contributed by atoms with Crippen LogP contribution in [0.1, 0.15) is 6.42 Å². The molecule has 2 amide bonds. The fourth-order valence-corrected chi connectivity index (χ4v) is 2.01. The maximum absolute atomic E-state index is 12.0. The van der Waals surface area contributed by atoms with E-state index in [1.165, 1.54) is 0 Å². The molecule has 0 spiro atoms. The van der Waals surface area contributed by atoms with E-state index >= 15 is 0 Å². The lowest BCUT2D eigenvalue weighted by atomic mass is 10.2. The Labute approximate surface area is 138 Å². The summed E-state index contributed by atoms with van der Waals surface area (Å²) in [7, 11) is 0. The van der Waals surface area contributed by atoms with Gasteiger partial charge in [-0.2, -0.15) is 0 Å². The number of nitrogens with one attached hydrogen (secondary N) is 2. The Morgan fingerprint density at radius 2 is 1.62 bits per heavy atom. The van der Waals surface area contributed by atoms with Crippen molar-refractivity contribution < 1.29 is 24.5 Å². The fourth-order valence-electron chi connectivity index (χ4n) is 2.01. The van der Waals surface area contributed by atoms with Crippen LogP contribution in [-0.4, -0.2) is 34.9 Å². The molecule has 4 N–H and O–H groups in total. The second kappa shape index (κ2) is 8.54. The van der Waals surface area contributed by atoms with Crippen LogP contribution >= 0.6 is 0 Å². The number of hydrogen-bond acceptors (Lipinski definition) is 4. The normalized spacial score (nSPS) is 11.4. The van der Waals surface area contributed by atoms with Gasteiger partial charge in [-0.15, -0.1) is 0 Å². The molecule has 0 saturated heterocycles. The van der Waals surface area contributed by atoms with Crippen molar-refractivity contribution >= 4 is 17.7 Å². The van der Waals surface area contributed by atoms with Gasteiger partial charge in [-0.1, -0.05) is 18.2 Å². The molecule has 2 rings (SSSR count). The van der Waals surface area contributed by atoms with Crippen molar-refractivity contribution in [3.05, 3.63) is 54.6 Å². The highest BCUT2D eigenvalue weighted by atomic mass is 16.5. The molecule has 2 aromatic carbocycles. The molecule has 0 aliphatic carbocycles. The van der Waals surface area contributed by atoms with Crippen LogP contribution in [0.2, 0.25) is 0 Å². The van der Waals surface area contributed by atoms with Crippen LogP contribution < -0.4 is 15.4 Å². The SMILES string of the molecule is O=C(O)N[C@@H](CCO)C(=O)Nc1ccc(Oc2ccccc2)cc1. The number of ether oxygens (including phenoxy) is 1. The highest BCUT2D eigenvalue weighted by Crippen LogP contribution is 2.22. The van der Waals surface area contributed by atoms with Gasteiger partial charge in [0, 0.05) is 12.3 Å². The van der Waals surface area contributed by atoms with Crippen LogP contribution in [0.4, 0.5) is 10.5 Å². The number of rotatable bonds is 7. The molecular formula is C17H18N2O5. The number of carbonyl (C=O) groups excluding carboxylic acids is 1. The van der Waals surface area contributed by atoms with Crippen molar-refractivity contribution in [2.75, 3.05) is 11.9 Å². The van der Waals surface area contributed by atoms with E-state index in [4.69, 9.17) is 14.9 Å². The minimum atomic E-state index is -1.32. The summed E-state index contributed by atoms with van der Waals surface area (Å²) in [6, 6.07) is 14.9. The first-order chi connectivity index (χ1) is 11.6. The maximum atomic E-state index is 12.0. The van der Waals surface area contributed by atoms with Crippen LogP contribution in [-0.2, 0) is 4.79 Å². The number of carboxylic acid groups (broad SMARTS) is 1. The predicted molar refractivity (Wildman–Crippen MR) is 88.2 cm³/mol. The van der Waals surface area contributed by atoms with E-state index in [1.54, 1.807) is 24.3 Å². The van der Waals surface area contributed by atoms with E-state index < -0.39 is 18.0 Å². The van der Waals surface area contributed by atoms with Crippen molar-refractivity contribution in [1.82, 2.24) is 5.32 Å². The zero-order valence-electron chi connectivity index (χ0n) is 12.8. The molecule has 0 saturated carbocycles. The van der Waals surface area contributed by atoms with Crippen LogP contribution in [0, 0.1) is 0 Å². The average molecular weight is 330 g/mol. The molecule has 0 bridgehead atoms. The van der Waals surface area contributed by atoms with E-state index in [1.807, 2.05) is 30.3 Å². The second-order valence-electron chi connectivity index (χ2n) is 4.94. The highest BCUT2D eigenvalue weighted by molar-refractivity contribution is 5.96. The molecule has 0 aliphatic rings. The molecule has 24 heavy (non-hydrogen) atoms. The summed E-state index contributed by atoms with van der Waals surface area (Å²) in [5.74, 6) is 0.765. The maximum Gasteiger partial charge on any atom is 0.405 e. The third-order valence-electron chi connectivity index (χ3n) is 3.13. The standard InChI is InChI=1S/C17H18N2O5/c20-11-10-15(19-17(22)23)16(21)18-12-6-8-14(9-7-12)24-13-4-2-1-3-5-13/h1-9,15,19-20H,10-11H2,(H,18,21)(H,22,23)/t15-/m0/s1. The summed E-state index contributed by atoms with van der Waals surface area (Å²) in [6.45, 7) is -0.303. The first-order valence-corrected chi connectivity index (χ1v) is 7.32. The molecule has 0 unspecified atom stereocenters. The Hall–Kier alpha value is -3.06. The van der Waals surface area contributed by atoms with Gasteiger partial charge in [-0.3, -0.25) is 4.79 Å². The number of aliphatic hydroxyl groups excluding tert-OH is 1. The molecule has 1 atom stereocenters. The number of benzene rings is 2. The van der Waals surface area contributed by atoms with Crippen molar-refractivity contribution in [1.29, 1.82) is 0 Å². The molecule has 0 aromatic heterocycles. The first kappa shape index (κ1) is 17.3. The second-order valence-corrected chi connectivity index (χ2v) is 4.94. The van der Waals surface area contributed by atoms with Gasteiger partial charge in [0.2, 0.25) is 5.91 Å². The average Bonchev–Trinajstić information content (AvgIpc) is 2.57. The van der Waals surface area contributed by atoms with Gasteiger partial charge in [0.15, 0.2) is 0 Å². The van der Waals surface area contributed by atoms with E-state index in [-0.39, 0.29) is 13.0 Å². The molecule has 7 nitrogen and oxygen atoms in total. The zero-order chi connectivity index (χ0) is 17.4. The number of anilines is 1. The summed E-state index contributed by atoms with van der Waals surface area (Å²) in [5.41, 5.74) is 0.496. The summed E-state index contributed by atoms with van der Waals surface area (Å²) in [6.07, 6.45) is -1.33. The van der Waals surface area contributed by atoms with Gasteiger partial charge in [0.1, 0.15) is 17.5 Å². The molecule has 126 valence electrons. The van der Waals surface area contributed by atoms with Gasteiger partial charge in [-0.25, -0.2) is 4.79 Å². The van der Waals surface area contributed by atoms with Gasteiger partial charge >= 0.3 is 6.09 Å². The highest BCUT2D eigenvalue weighted by Gasteiger charge is 2.19. The van der Waals surface area contributed by atoms with E-state index in [0.29, 0.717) is 17.2 Å². The molecule has 7 heteroatoms. The summed E-state index contributed by atoms with van der Waals surface area (Å²) < 4.78 is 5.64. The van der Waals surface area contributed by atoms with Crippen LogP contribution in [0.25, 0.3) is 0 Å². The van der Waals surface area contributed by atoms with E-state index in [9.17, 15) is 9.59 Å². The lowest BCUT2D eigenvalue weighted by molar-refractivity contribution is -0.118. The largest absolute Gasteiger partial charge is 0.465 e. The Kier molecular flexibility index (Phi) is 6.16. The monoisotopic (exact) mass is 330 g/mol. The summed E-state index contributed by atoms with van der Waals surface area (Å²) in [5, 5.41) is 22.3. The number of aliphatic hydroxyl groups is 1. The van der Waals surface area contributed by atoms with E-state index in [0.717, 1.165) is 0 Å². The number of amides is 2. The van der Waals surface area contributed by atoms with Crippen LogP contribution in [0.5, 0.6) is 11.5 Å². The summed E-state index contributed by atoms with van der Waals surface area (Å²) in [4.78, 5) is 22.7. The smallest absolute Gasteiger partial charge is 0.405 e. The Morgan fingerprint density at radius 3 is 2.21 bits per heavy atom. The summed E-state index contributed by atoms with van der Waals surface area (Å²) >= 11 is 0. The first-order valence-electron chi connectivity index (χ1n) is 7.32. The zero-order valence-corrected chi connectivity index (χ0v) is 12.8. The molecule has 0 heterocycles. The van der Waals surface area contributed by atoms with Gasteiger partial charge < -0.3 is 25.6 Å². The quantitative estimate of drug-likeness (QED) is 0.623. The number of hydrogen-bond donors (Lipinski definition) is 4. The minimum Gasteiger partial charge on any atom is -0.465 e. The van der Waals surface area contributed by atoms with Crippen molar-refractivity contribution in [3.8, 4) is 11.5 Å². The van der Waals surface area contributed by atoms with E-state index in [2.05, 4.69) is 10.6 Å². The Bertz CT molecular complexity index is 673. The number of carbonyl (C=O) groups is 2. The van der Waals surface area contributed by atoms with Crippen molar-refractivity contribution in [3.63, 3.8) is 0 Å². The van der Waals surface area contributed by atoms with Crippen molar-refractivity contribution in [2.45, 2.75) is 12.5 Å². The number of para-hydroxylation sites is 1. The topological polar surface area (TPSA) is 108 Å². The minimum absolute atomic E-state index is 0.00661. The third kappa shape index (κ3) is 5.29. The van der Waals surface area contributed by atoms with Gasteiger partial charge in [0.05, 0.1) is 0 Å². The Morgan fingerprint density at radius 1 is 1.00 bits per heavy atom. The van der Waals surface area contributed by atoms with Crippen LogP contribution in [0.15, 0.2) is 54.6 Å². The molecule has 2 aromatic rings. The molecule has 0 radical (unpaired) electrons.